The first-order chi connectivity index (χ1) is 14.2. The number of nitrogens with one attached hydrogen (secondary N) is 1. The molecule has 0 unspecified atom stereocenters. The molecule has 7 nitrogen and oxygen atoms in total. The van der Waals surface area contributed by atoms with Crippen molar-refractivity contribution in [3.63, 3.8) is 0 Å². The van der Waals surface area contributed by atoms with Gasteiger partial charge in [-0.25, -0.2) is 0 Å². The molecule has 0 aliphatic carbocycles. The highest BCUT2D eigenvalue weighted by Gasteiger charge is 2.21. The highest BCUT2D eigenvalue weighted by molar-refractivity contribution is 7.07. The summed E-state index contributed by atoms with van der Waals surface area (Å²) in [5, 5.41) is 7.73. The van der Waals surface area contributed by atoms with Gasteiger partial charge in [0.05, 0.1) is 21.3 Å². The molecule has 158 valence electrons. The summed E-state index contributed by atoms with van der Waals surface area (Å²) in [6.45, 7) is 5.46. The fourth-order valence-corrected chi connectivity index (χ4v) is 4.18. The maximum absolute atomic E-state index is 5.47. The van der Waals surface area contributed by atoms with Crippen molar-refractivity contribution in [2.45, 2.75) is 13.1 Å². The fourth-order valence-electron chi connectivity index (χ4n) is 3.51. The Bertz CT molecular complexity index is 777. The molecular formula is C21H30N4O3S. The van der Waals surface area contributed by atoms with Gasteiger partial charge in [0, 0.05) is 46.3 Å². The fraction of sp³-hybridized carbons (Fsp3) is 0.476. The molecule has 2 heterocycles. The van der Waals surface area contributed by atoms with E-state index in [1.807, 2.05) is 19.2 Å². The molecule has 8 heteroatoms. The lowest BCUT2D eigenvalue weighted by Crippen LogP contribution is -2.52. The number of rotatable bonds is 7. The van der Waals surface area contributed by atoms with Crippen LogP contribution in [-0.2, 0) is 13.1 Å². The second-order valence-corrected chi connectivity index (χ2v) is 7.61. The molecule has 0 spiro atoms. The predicted octanol–water partition coefficient (Wildman–Crippen LogP) is 2.67. The van der Waals surface area contributed by atoms with Crippen LogP contribution in [0.15, 0.2) is 34.0 Å². The number of benzene rings is 1. The summed E-state index contributed by atoms with van der Waals surface area (Å²) in [6, 6.07) is 6.18. The van der Waals surface area contributed by atoms with Crippen molar-refractivity contribution in [3.05, 3.63) is 40.1 Å². The Kier molecular flexibility index (Phi) is 7.60. The molecule has 1 aliphatic heterocycles. The smallest absolute Gasteiger partial charge is 0.203 e. The average Bonchev–Trinajstić information content (AvgIpc) is 3.28. The average molecular weight is 419 g/mol. The van der Waals surface area contributed by atoms with E-state index in [4.69, 9.17) is 14.2 Å². The summed E-state index contributed by atoms with van der Waals surface area (Å²) in [5.74, 6) is 2.98. The van der Waals surface area contributed by atoms with Crippen LogP contribution in [0.1, 0.15) is 11.1 Å². The van der Waals surface area contributed by atoms with Gasteiger partial charge in [0.15, 0.2) is 17.5 Å². The summed E-state index contributed by atoms with van der Waals surface area (Å²) in [4.78, 5) is 9.21. The van der Waals surface area contributed by atoms with Gasteiger partial charge in [0.2, 0.25) is 5.75 Å². The molecule has 1 N–H and O–H groups in total. The lowest BCUT2D eigenvalue weighted by Gasteiger charge is -2.36. The van der Waals surface area contributed by atoms with Gasteiger partial charge in [-0.3, -0.25) is 9.89 Å². The first-order valence-corrected chi connectivity index (χ1v) is 10.6. The van der Waals surface area contributed by atoms with Crippen LogP contribution in [0.5, 0.6) is 17.2 Å². The van der Waals surface area contributed by atoms with Gasteiger partial charge in [-0.15, -0.1) is 0 Å². The first kappa shape index (κ1) is 21.3. The normalized spacial score (nSPS) is 15.3. The van der Waals surface area contributed by atoms with Crippen molar-refractivity contribution in [1.82, 2.24) is 15.1 Å². The van der Waals surface area contributed by atoms with Crippen LogP contribution >= 0.6 is 11.3 Å². The van der Waals surface area contributed by atoms with Crippen LogP contribution in [0.2, 0.25) is 0 Å². The van der Waals surface area contributed by atoms with E-state index in [0.29, 0.717) is 17.2 Å². The zero-order chi connectivity index (χ0) is 20.6. The third-order valence-electron chi connectivity index (χ3n) is 5.05. The number of guanidine groups is 1. The van der Waals surface area contributed by atoms with E-state index >= 15 is 0 Å². The molecule has 1 saturated heterocycles. The highest BCUT2D eigenvalue weighted by atomic mass is 32.1. The van der Waals surface area contributed by atoms with Crippen LogP contribution in [0, 0.1) is 0 Å². The molecule has 0 saturated carbocycles. The number of ether oxygens (including phenoxy) is 3. The zero-order valence-corrected chi connectivity index (χ0v) is 18.4. The van der Waals surface area contributed by atoms with Gasteiger partial charge in [-0.1, -0.05) is 0 Å². The van der Waals surface area contributed by atoms with Gasteiger partial charge in [-0.2, -0.15) is 11.3 Å². The number of hydrogen-bond donors (Lipinski definition) is 1. The Hall–Kier alpha value is -2.45. The van der Waals surface area contributed by atoms with Crippen LogP contribution in [0.25, 0.3) is 0 Å². The number of methoxy groups -OCH3 is 3. The molecule has 3 rings (SSSR count). The van der Waals surface area contributed by atoms with Crippen LogP contribution < -0.4 is 19.5 Å². The SMILES string of the molecule is CN=C(NCc1ccsc1)N1CCN(Cc2cc(OC)c(OC)c(OC)c2)CC1. The molecule has 29 heavy (non-hydrogen) atoms. The van der Waals surface area contributed by atoms with Gasteiger partial charge < -0.3 is 24.4 Å². The maximum Gasteiger partial charge on any atom is 0.203 e. The third-order valence-corrected chi connectivity index (χ3v) is 5.78. The molecule has 1 aliphatic rings. The van der Waals surface area contributed by atoms with Crippen molar-refractivity contribution in [3.8, 4) is 17.2 Å². The molecule has 0 atom stereocenters. The minimum absolute atomic E-state index is 0.629. The van der Waals surface area contributed by atoms with Crippen molar-refractivity contribution >= 4 is 17.3 Å². The van der Waals surface area contributed by atoms with E-state index in [-0.39, 0.29) is 0 Å². The Morgan fingerprint density at radius 2 is 1.72 bits per heavy atom. The van der Waals surface area contributed by atoms with Gasteiger partial charge in [-0.05, 0) is 40.1 Å². The molecule has 0 radical (unpaired) electrons. The Labute approximate surface area is 176 Å². The second-order valence-electron chi connectivity index (χ2n) is 6.83. The molecule has 0 amide bonds. The van der Waals surface area contributed by atoms with E-state index in [1.54, 1.807) is 32.7 Å². The minimum Gasteiger partial charge on any atom is -0.493 e. The van der Waals surface area contributed by atoms with Crippen molar-refractivity contribution in [2.75, 3.05) is 54.6 Å². The summed E-state index contributed by atoms with van der Waals surface area (Å²) in [6.07, 6.45) is 0. The van der Waals surface area contributed by atoms with Crippen LogP contribution in [-0.4, -0.2) is 70.3 Å². The van der Waals surface area contributed by atoms with E-state index in [1.165, 1.54) is 5.56 Å². The van der Waals surface area contributed by atoms with Crippen molar-refractivity contribution in [2.24, 2.45) is 4.99 Å². The lowest BCUT2D eigenvalue weighted by molar-refractivity contribution is 0.172. The molecule has 1 aromatic heterocycles. The monoisotopic (exact) mass is 418 g/mol. The number of thiophene rings is 1. The topological polar surface area (TPSA) is 58.6 Å². The predicted molar refractivity (Wildman–Crippen MR) is 117 cm³/mol. The van der Waals surface area contributed by atoms with E-state index < -0.39 is 0 Å². The highest BCUT2D eigenvalue weighted by Crippen LogP contribution is 2.38. The van der Waals surface area contributed by atoms with Gasteiger partial charge >= 0.3 is 0 Å². The minimum atomic E-state index is 0.629. The largest absolute Gasteiger partial charge is 0.493 e. The summed E-state index contributed by atoms with van der Waals surface area (Å²) >= 11 is 1.72. The second kappa shape index (κ2) is 10.4. The quantitative estimate of drug-likeness (QED) is 0.551. The number of aliphatic imine (C=N–C) groups is 1. The Morgan fingerprint density at radius 1 is 1.03 bits per heavy atom. The van der Waals surface area contributed by atoms with E-state index in [0.717, 1.165) is 50.8 Å². The zero-order valence-electron chi connectivity index (χ0n) is 17.6. The van der Waals surface area contributed by atoms with Gasteiger partial charge in [0.25, 0.3) is 0 Å². The van der Waals surface area contributed by atoms with Crippen molar-refractivity contribution < 1.29 is 14.2 Å². The molecule has 0 bridgehead atoms. The molecular weight excluding hydrogens is 388 g/mol. The van der Waals surface area contributed by atoms with Crippen LogP contribution in [0.4, 0.5) is 0 Å². The maximum atomic E-state index is 5.47. The van der Waals surface area contributed by atoms with Crippen LogP contribution in [0.3, 0.4) is 0 Å². The number of hydrogen-bond acceptors (Lipinski definition) is 6. The Morgan fingerprint density at radius 3 is 2.24 bits per heavy atom. The summed E-state index contributed by atoms with van der Waals surface area (Å²) in [5.41, 5.74) is 2.44. The lowest BCUT2D eigenvalue weighted by atomic mass is 10.1. The Balaban J connectivity index is 1.56. The standard InChI is InChI=1S/C21H30N4O3S/c1-22-21(23-13-16-5-10-29-15-16)25-8-6-24(7-9-25)14-17-11-18(26-2)20(28-4)19(12-17)27-3/h5,10-12,15H,6-9,13-14H2,1-4H3,(H,22,23). The summed E-state index contributed by atoms with van der Waals surface area (Å²) in [7, 11) is 6.76. The summed E-state index contributed by atoms with van der Waals surface area (Å²) < 4.78 is 16.4. The van der Waals surface area contributed by atoms with E-state index in [2.05, 4.69) is 36.9 Å². The number of piperazine rings is 1. The number of nitrogens with zero attached hydrogens (tertiary/aromatic N) is 3. The van der Waals surface area contributed by atoms with E-state index in [9.17, 15) is 0 Å². The van der Waals surface area contributed by atoms with Gasteiger partial charge in [0.1, 0.15) is 0 Å². The molecule has 1 fully saturated rings. The molecule has 2 aromatic rings. The van der Waals surface area contributed by atoms with Crippen molar-refractivity contribution in [1.29, 1.82) is 0 Å². The third kappa shape index (κ3) is 5.33. The first-order valence-electron chi connectivity index (χ1n) is 9.66. The molecule has 1 aromatic carbocycles.